The van der Waals surface area contributed by atoms with Crippen molar-refractivity contribution in [3.05, 3.63) is 59.2 Å². The maximum Gasteiger partial charge on any atom is 0.256 e. The van der Waals surface area contributed by atoms with Crippen molar-refractivity contribution in [1.82, 2.24) is 15.1 Å². The molecule has 2 heterocycles. The molecule has 2 N–H and O–H groups in total. The highest BCUT2D eigenvalue weighted by Crippen LogP contribution is 2.26. The zero-order chi connectivity index (χ0) is 19.4. The molecule has 0 saturated heterocycles. The van der Waals surface area contributed by atoms with Gasteiger partial charge in [-0.2, -0.15) is 5.26 Å². The lowest BCUT2D eigenvalue weighted by atomic mass is 10.0. The summed E-state index contributed by atoms with van der Waals surface area (Å²) in [6.45, 7) is 5.83. The first-order valence-electron chi connectivity index (χ1n) is 8.34. The third kappa shape index (κ3) is 3.93. The average molecular weight is 362 g/mol. The fourth-order valence-corrected chi connectivity index (χ4v) is 2.53. The maximum atomic E-state index is 12.4. The number of anilines is 3. The topological polar surface area (TPSA) is 117 Å². The predicted molar refractivity (Wildman–Crippen MR) is 99.8 cm³/mol. The first kappa shape index (κ1) is 18.1. The van der Waals surface area contributed by atoms with Gasteiger partial charge in [-0.15, -0.1) is 0 Å². The summed E-state index contributed by atoms with van der Waals surface area (Å²) in [5.74, 6) is 0.509. The standard InChI is InChI=1S/C19H18N6O2/c1-11(2)17-14(9-20)18(22-10-21-17)23-15-8-13(5-4-12(15)3)19(26)24-16-6-7-27-25-16/h4-8,10-11H,1-3H3,(H,21,22,23)(H,24,25,26). The minimum atomic E-state index is -0.321. The molecular formula is C19H18N6O2. The van der Waals surface area contributed by atoms with Gasteiger partial charge < -0.3 is 15.2 Å². The molecule has 2 aromatic heterocycles. The second-order valence-corrected chi connectivity index (χ2v) is 6.24. The van der Waals surface area contributed by atoms with Crippen molar-refractivity contribution in [2.75, 3.05) is 10.6 Å². The van der Waals surface area contributed by atoms with Crippen molar-refractivity contribution in [2.45, 2.75) is 26.7 Å². The Morgan fingerprint density at radius 2 is 2.07 bits per heavy atom. The van der Waals surface area contributed by atoms with E-state index in [9.17, 15) is 10.1 Å². The fraction of sp³-hybridized carbons (Fsp3) is 0.211. The molecular weight excluding hydrogens is 344 g/mol. The maximum absolute atomic E-state index is 12.4. The van der Waals surface area contributed by atoms with Crippen LogP contribution < -0.4 is 10.6 Å². The van der Waals surface area contributed by atoms with Crippen molar-refractivity contribution < 1.29 is 9.32 Å². The van der Waals surface area contributed by atoms with Gasteiger partial charge in [0.25, 0.3) is 5.91 Å². The van der Waals surface area contributed by atoms with E-state index in [1.807, 2.05) is 26.8 Å². The van der Waals surface area contributed by atoms with Crippen LogP contribution in [0, 0.1) is 18.3 Å². The molecule has 0 unspecified atom stereocenters. The molecule has 27 heavy (non-hydrogen) atoms. The van der Waals surface area contributed by atoms with Gasteiger partial charge in [-0.3, -0.25) is 4.79 Å². The molecule has 0 radical (unpaired) electrons. The Morgan fingerprint density at radius 3 is 2.74 bits per heavy atom. The summed E-state index contributed by atoms with van der Waals surface area (Å²) in [7, 11) is 0. The van der Waals surface area contributed by atoms with E-state index in [1.165, 1.54) is 12.6 Å². The Kier molecular flexibility index (Phi) is 5.13. The van der Waals surface area contributed by atoms with E-state index in [4.69, 9.17) is 4.52 Å². The van der Waals surface area contributed by atoms with E-state index in [1.54, 1.807) is 18.2 Å². The van der Waals surface area contributed by atoms with Gasteiger partial charge in [0, 0.05) is 17.3 Å². The highest BCUT2D eigenvalue weighted by Gasteiger charge is 2.16. The Morgan fingerprint density at radius 1 is 1.26 bits per heavy atom. The average Bonchev–Trinajstić information content (AvgIpc) is 3.16. The monoisotopic (exact) mass is 362 g/mol. The lowest BCUT2D eigenvalue weighted by Gasteiger charge is -2.14. The van der Waals surface area contributed by atoms with Crippen molar-refractivity contribution in [1.29, 1.82) is 5.26 Å². The number of amides is 1. The van der Waals surface area contributed by atoms with E-state index in [0.717, 1.165) is 5.56 Å². The number of nitrogens with zero attached hydrogens (tertiary/aromatic N) is 4. The summed E-state index contributed by atoms with van der Waals surface area (Å²) in [4.78, 5) is 20.8. The number of hydrogen-bond acceptors (Lipinski definition) is 7. The van der Waals surface area contributed by atoms with Gasteiger partial charge in [0.15, 0.2) is 11.6 Å². The van der Waals surface area contributed by atoms with Gasteiger partial charge in [-0.1, -0.05) is 25.1 Å². The molecule has 0 saturated carbocycles. The number of hydrogen-bond donors (Lipinski definition) is 2. The summed E-state index contributed by atoms with van der Waals surface area (Å²) >= 11 is 0. The first-order valence-corrected chi connectivity index (χ1v) is 8.34. The van der Waals surface area contributed by atoms with E-state index < -0.39 is 0 Å². The second-order valence-electron chi connectivity index (χ2n) is 6.24. The normalized spacial score (nSPS) is 10.5. The molecule has 0 fully saturated rings. The highest BCUT2D eigenvalue weighted by molar-refractivity contribution is 6.04. The van der Waals surface area contributed by atoms with E-state index in [0.29, 0.717) is 34.1 Å². The highest BCUT2D eigenvalue weighted by atomic mass is 16.5. The Bertz CT molecular complexity index is 1010. The van der Waals surface area contributed by atoms with Crippen LogP contribution in [0.3, 0.4) is 0 Å². The molecule has 136 valence electrons. The van der Waals surface area contributed by atoms with Crippen molar-refractivity contribution in [3.8, 4) is 6.07 Å². The van der Waals surface area contributed by atoms with E-state index >= 15 is 0 Å². The minimum Gasteiger partial charge on any atom is -0.363 e. The van der Waals surface area contributed by atoms with Gasteiger partial charge in [0.2, 0.25) is 0 Å². The summed E-state index contributed by atoms with van der Waals surface area (Å²) in [5, 5.41) is 19.0. The molecule has 0 atom stereocenters. The Labute approximate surface area is 156 Å². The third-order valence-corrected chi connectivity index (χ3v) is 3.97. The summed E-state index contributed by atoms with van der Waals surface area (Å²) in [6, 6.07) is 8.94. The van der Waals surface area contributed by atoms with Gasteiger partial charge >= 0.3 is 0 Å². The Balaban J connectivity index is 1.91. The van der Waals surface area contributed by atoms with Crippen LogP contribution in [0.2, 0.25) is 0 Å². The summed E-state index contributed by atoms with van der Waals surface area (Å²) in [5.41, 5.74) is 3.08. The Hall–Kier alpha value is -3.73. The van der Waals surface area contributed by atoms with E-state index in [-0.39, 0.29) is 11.8 Å². The van der Waals surface area contributed by atoms with Crippen LogP contribution >= 0.6 is 0 Å². The molecule has 0 bridgehead atoms. The van der Waals surface area contributed by atoms with E-state index in [2.05, 4.69) is 31.8 Å². The number of nitrogens with one attached hydrogen (secondary N) is 2. The largest absolute Gasteiger partial charge is 0.363 e. The first-order chi connectivity index (χ1) is 13.0. The number of rotatable bonds is 5. The number of benzene rings is 1. The molecule has 1 amide bonds. The quantitative estimate of drug-likeness (QED) is 0.709. The molecule has 0 aliphatic heterocycles. The van der Waals surface area contributed by atoms with Crippen LogP contribution in [0.5, 0.6) is 0 Å². The molecule has 8 nitrogen and oxygen atoms in total. The van der Waals surface area contributed by atoms with Crippen molar-refractivity contribution >= 4 is 23.2 Å². The molecule has 8 heteroatoms. The molecule has 0 spiro atoms. The predicted octanol–water partition coefficient (Wildman–Crippen LogP) is 3.76. The van der Waals surface area contributed by atoms with Crippen LogP contribution in [-0.2, 0) is 0 Å². The zero-order valence-electron chi connectivity index (χ0n) is 15.1. The van der Waals surface area contributed by atoms with Gasteiger partial charge in [0.05, 0.1) is 5.69 Å². The summed E-state index contributed by atoms with van der Waals surface area (Å²) in [6.07, 6.45) is 2.80. The second kappa shape index (κ2) is 7.66. The number of carbonyl (C=O) groups is 1. The fourth-order valence-electron chi connectivity index (χ4n) is 2.53. The third-order valence-electron chi connectivity index (χ3n) is 3.97. The smallest absolute Gasteiger partial charge is 0.256 e. The molecule has 3 aromatic rings. The SMILES string of the molecule is Cc1ccc(C(=O)Nc2ccon2)cc1Nc1ncnc(C(C)C)c1C#N. The summed E-state index contributed by atoms with van der Waals surface area (Å²) < 4.78 is 4.71. The van der Waals surface area contributed by atoms with Crippen LogP contribution in [0.4, 0.5) is 17.3 Å². The number of aromatic nitrogens is 3. The van der Waals surface area contributed by atoms with Crippen molar-refractivity contribution in [3.63, 3.8) is 0 Å². The number of aryl methyl sites for hydroxylation is 1. The number of nitriles is 1. The number of carbonyl (C=O) groups excluding carboxylic acids is 1. The zero-order valence-corrected chi connectivity index (χ0v) is 15.1. The van der Waals surface area contributed by atoms with Crippen LogP contribution in [0.25, 0.3) is 0 Å². The van der Waals surface area contributed by atoms with Gasteiger partial charge in [-0.05, 0) is 30.5 Å². The molecule has 0 aliphatic rings. The van der Waals surface area contributed by atoms with Crippen molar-refractivity contribution in [2.24, 2.45) is 0 Å². The van der Waals surface area contributed by atoms with Crippen LogP contribution in [0.15, 0.2) is 41.4 Å². The lowest BCUT2D eigenvalue weighted by Crippen LogP contribution is -2.13. The van der Waals surface area contributed by atoms with Gasteiger partial charge in [0.1, 0.15) is 24.2 Å². The minimum absolute atomic E-state index is 0.0869. The molecule has 3 rings (SSSR count). The lowest BCUT2D eigenvalue weighted by molar-refractivity contribution is 0.102. The van der Waals surface area contributed by atoms with Gasteiger partial charge in [-0.25, -0.2) is 9.97 Å². The van der Waals surface area contributed by atoms with Crippen LogP contribution in [-0.4, -0.2) is 21.0 Å². The molecule has 1 aromatic carbocycles. The molecule has 0 aliphatic carbocycles. The van der Waals surface area contributed by atoms with Crippen LogP contribution in [0.1, 0.15) is 46.9 Å².